The number of benzene rings is 1. The van der Waals surface area contributed by atoms with Gasteiger partial charge in [-0.05, 0) is 24.8 Å². The Morgan fingerprint density at radius 1 is 1.12 bits per heavy atom. The van der Waals surface area contributed by atoms with Crippen LogP contribution in [0, 0.1) is 17.2 Å². The molecule has 0 radical (unpaired) electrons. The fourth-order valence-electron chi connectivity index (χ4n) is 3.04. The van der Waals surface area contributed by atoms with Crippen molar-refractivity contribution in [3.8, 4) is 6.07 Å². The molecule has 0 aromatic heterocycles. The Morgan fingerprint density at radius 3 is 2.71 bits per heavy atom. The third-order valence-corrected chi connectivity index (χ3v) is 4.13. The molecule has 2 aliphatic rings. The molecular weight excluding hydrogens is 208 g/mol. The normalized spacial score (nSPS) is 35.5. The average molecular weight is 226 g/mol. The van der Waals surface area contributed by atoms with E-state index in [1.807, 2.05) is 0 Å². The van der Waals surface area contributed by atoms with Gasteiger partial charge in [-0.15, -0.1) is 0 Å². The molecule has 3 rings (SSSR count). The van der Waals surface area contributed by atoms with Crippen LogP contribution < -0.4 is 5.32 Å². The molecule has 0 saturated heterocycles. The molecule has 2 aliphatic carbocycles. The van der Waals surface area contributed by atoms with Crippen LogP contribution in [0.15, 0.2) is 30.3 Å². The quantitative estimate of drug-likeness (QED) is 0.860. The first-order valence-electron chi connectivity index (χ1n) is 6.59. The van der Waals surface area contributed by atoms with Crippen LogP contribution in [0.1, 0.15) is 37.2 Å². The molecule has 0 heterocycles. The predicted molar refractivity (Wildman–Crippen MR) is 67.5 cm³/mol. The van der Waals surface area contributed by atoms with Gasteiger partial charge in [-0.1, -0.05) is 36.8 Å². The van der Waals surface area contributed by atoms with Crippen molar-refractivity contribution in [2.75, 3.05) is 0 Å². The van der Waals surface area contributed by atoms with Gasteiger partial charge in [0, 0.05) is 18.0 Å². The van der Waals surface area contributed by atoms with E-state index in [1.54, 1.807) is 0 Å². The van der Waals surface area contributed by atoms with Crippen molar-refractivity contribution in [2.24, 2.45) is 5.92 Å². The van der Waals surface area contributed by atoms with Crippen LogP contribution >= 0.6 is 0 Å². The average Bonchev–Trinajstić information content (AvgIpc) is 2.99. The van der Waals surface area contributed by atoms with Crippen LogP contribution in [-0.4, -0.2) is 12.1 Å². The van der Waals surface area contributed by atoms with E-state index in [9.17, 15) is 0 Å². The summed E-state index contributed by atoms with van der Waals surface area (Å²) >= 11 is 0. The highest BCUT2D eigenvalue weighted by atomic mass is 15.0. The second-order valence-corrected chi connectivity index (χ2v) is 5.30. The van der Waals surface area contributed by atoms with Crippen molar-refractivity contribution in [1.82, 2.24) is 5.32 Å². The molecule has 0 bridgehead atoms. The first-order chi connectivity index (χ1) is 8.38. The molecule has 1 aromatic carbocycles. The van der Waals surface area contributed by atoms with Crippen LogP contribution in [-0.2, 0) is 0 Å². The van der Waals surface area contributed by atoms with E-state index in [0.29, 0.717) is 18.0 Å². The number of hydrogen-bond acceptors (Lipinski definition) is 2. The topological polar surface area (TPSA) is 35.8 Å². The minimum absolute atomic E-state index is 0.243. The van der Waals surface area contributed by atoms with Gasteiger partial charge in [0.25, 0.3) is 0 Å². The van der Waals surface area contributed by atoms with Crippen molar-refractivity contribution in [1.29, 1.82) is 5.26 Å². The Morgan fingerprint density at radius 2 is 1.94 bits per heavy atom. The van der Waals surface area contributed by atoms with E-state index in [4.69, 9.17) is 5.26 Å². The largest absolute Gasteiger partial charge is 0.309 e. The Labute approximate surface area is 103 Å². The molecule has 2 nitrogen and oxygen atoms in total. The highest BCUT2D eigenvalue weighted by Crippen LogP contribution is 2.42. The number of hydrogen-bond donors (Lipinski definition) is 1. The van der Waals surface area contributed by atoms with Gasteiger partial charge in [-0.2, -0.15) is 5.26 Å². The minimum atomic E-state index is 0.243. The lowest BCUT2D eigenvalue weighted by Gasteiger charge is -2.15. The highest BCUT2D eigenvalue weighted by molar-refractivity contribution is 5.28. The molecule has 0 aliphatic heterocycles. The third kappa shape index (κ3) is 2.21. The summed E-state index contributed by atoms with van der Waals surface area (Å²) in [6, 6.07) is 14.2. The van der Waals surface area contributed by atoms with Crippen LogP contribution in [0.25, 0.3) is 0 Å². The van der Waals surface area contributed by atoms with E-state index >= 15 is 0 Å². The summed E-state index contributed by atoms with van der Waals surface area (Å²) in [6.07, 6.45) is 4.70. The lowest BCUT2D eigenvalue weighted by Crippen LogP contribution is -2.34. The van der Waals surface area contributed by atoms with Gasteiger partial charge in [0.15, 0.2) is 0 Å². The standard InChI is InChI=1S/C15H18N2/c16-10-12-7-4-8-14(12)17-15-9-13(15)11-5-2-1-3-6-11/h1-3,5-6,12-15,17H,4,7-9H2. The van der Waals surface area contributed by atoms with Crippen molar-refractivity contribution < 1.29 is 0 Å². The Kier molecular flexibility index (Phi) is 2.86. The second-order valence-electron chi connectivity index (χ2n) is 5.30. The molecule has 2 fully saturated rings. The number of nitrogens with one attached hydrogen (secondary N) is 1. The Hall–Kier alpha value is -1.33. The Bertz CT molecular complexity index is 420. The fraction of sp³-hybridized carbons (Fsp3) is 0.533. The maximum atomic E-state index is 9.06. The second kappa shape index (κ2) is 4.50. The smallest absolute Gasteiger partial charge is 0.0672 e. The summed E-state index contributed by atoms with van der Waals surface area (Å²) < 4.78 is 0. The van der Waals surface area contributed by atoms with Gasteiger partial charge in [0.05, 0.1) is 12.0 Å². The van der Waals surface area contributed by atoms with Crippen molar-refractivity contribution >= 4 is 0 Å². The van der Waals surface area contributed by atoms with Crippen molar-refractivity contribution in [2.45, 2.75) is 43.7 Å². The first kappa shape index (κ1) is 10.8. The van der Waals surface area contributed by atoms with Crippen LogP contribution in [0.2, 0.25) is 0 Å². The van der Waals surface area contributed by atoms with Gasteiger partial charge in [0.2, 0.25) is 0 Å². The maximum absolute atomic E-state index is 9.06. The summed E-state index contributed by atoms with van der Waals surface area (Å²) in [6.45, 7) is 0. The molecule has 0 spiro atoms. The molecule has 17 heavy (non-hydrogen) atoms. The van der Waals surface area contributed by atoms with Gasteiger partial charge in [-0.25, -0.2) is 0 Å². The fourth-order valence-corrected chi connectivity index (χ4v) is 3.04. The summed E-state index contributed by atoms with van der Waals surface area (Å²) in [5.41, 5.74) is 1.44. The van der Waals surface area contributed by atoms with E-state index in [-0.39, 0.29) is 5.92 Å². The molecule has 88 valence electrons. The van der Waals surface area contributed by atoms with Gasteiger partial charge >= 0.3 is 0 Å². The van der Waals surface area contributed by atoms with Gasteiger partial charge in [-0.3, -0.25) is 0 Å². The molecular formula is C15H18N2. The van der Waals surface area contributed by atoms with Crippen molar-refractivity contribution in [3.63, 3.8) is 0 Å². The van der Waals surface area contributed by atoms with Crippen LogP contribution in [0.3, 0.4) is 0 Å². The zero-order chi connectivity index (χ0) is 11.7. The lowest BCUT2D eigenvalue weighted by atomic mass is 10.1. The van der Waals surface area contributed by atoms with Gasteiger partial charge in [0.1, 0.15) is 0 Å². The summed E-state index contributed by atoms with van der Waals surface area (Å²) in [4.78, 5) is 0. The summed E-state index contributed by atoms with van der Waals surface area (Å²) in [5, 5.41) is 12.7. The van der Waals surface area contributed by atoms with Crippen LogP contribution in [0.4, 0.5) is 0 Å². The van der Waals surface area contributed by atoms with E-state index in [0.717, 1.165) is 6.42 Å². The first-order valence-corrected chi connectivity index (χ1v) is 6.59. The third-order valence-electron chi connectivity index (χ3n) is 4.13. The molecule has 2 heteroatoms. The Balaban J connectivity index is 1.58. The highest BCUT2D eigenvalue weighted by Gasteiger charge is 2.41. The lowest BCUT2D eigenvalue weighted by molar-refractivity contribution is 0.458. The maximum Gasteiger partial charge on any atom is 0.0672 e. The molecule has 1 aromatic rings. The summed E-state index contributed by atoms with van der Waals surface area (Å²) in [7, 11) is 0. The molecule has 4 atom stereocenters. The van der Waals surface area contributed by atoms with Crippen LogP contribution in [0.5, 0.6) is 0 Å². The molecule has 0 amide bonds. The van der Waals surface area contributed by atoms with E-state index in [2.05, 4.69) is 41.7 Å². The van der Waals surface area contributed by atoms with E-state index in [1.165, 1.54) is 24.8 Å². The number of nitriles is 1. The van der Waals surface area contributed by atoms with E-state index < -0.39 is 0 Å². The zero-order valence-electron chi connectivity index (χ0n) is 9.97. The number of rotatable bonds is 3. The molecule has 1 N–H and O–H groups in total. The van der Waals surface area contributed by atoms with Crippen molar-refractivity contribution in [3.05, 3.63) is 35.9 Å². The predicted octanol–water partition coefficient (Wildman–Crippen LogP) is 2.82. The minimum Gasteiger partial charge on any atom is -0.309 e. The zero-order valence-corrected chi connectivity index (χ0v) is 9.97. The van der Waals surface area contributed by atoms with Gasteiger partial charge < -0.3 is 5.32 Å². The monoisotopic (exact) mass is 226 g/mol. The SMILES string of the molecule is N#CC1CCCC1NC1CC1c1ccccc1. The molecule has 4 unspecified atom stereocenters. The number of nitrogens with zero attached hydrogens (tertiary/aromatic N) is 1. The summed E-state index contributed by atoms with van der Waals surface area (Å²) in [5.74, 6) is 0.920. The molecule has 2 saturated carbocycles.